The molecule has 0 spiro atoms. The highest BCUT2D eigenvalue weighted by molar-refractivity contribution is 7.97. The van der Waals surface area contributed by atoms with Crippen LogP contribution in [-0.4, -0.2) is 64.5 Å². The summed E-state index contributed by atoms with van der Waals surface area (Å²) in [6.07, 6.45) is 4.24. The zero-order valence-corrected chi connectivity index (χ0v) is 22.8. The molecule has 14 heteroatoms. The van der Waals surface area contributed by atoms with E-state index in [-0.39, 0.29) is 30.9 Å². The number of imidazole rings is 1. The maximum Gasteiger partial charge on any atom is 0.456 e. The number of anilines is 1. The Morgan fingerprint density at radius 1 is 1.15 bits per heavy atom. The first-order chi connectivity index (χ1) is 19.2. The van der Waals surface area contributed by atoms with Gasteiger partial charge in [-0.15, -0.1) is 5.10 Å². The smallest absolute Gasteiger partial charge is 0.347 e. The molecule has 0 saturated carbocycles. The molecule has 4 aromatic rings. The van der Waals surface area contributed by atoms with Crippen molar-refractivity contribution < 1.29 is 18.0 Å². The Kier molecular flexibility index (Phi) is 6.90. The standard InChI is InChI=1S/C26H28F3N9OS/c1-3-20-22(37-12-16(2)10-31-24(37)32-20)23(39)30-11-17-4-6-18(7-5-17)19-13-35(14-19)25-33-21-15-36(40-26(27,28)29)8-9-38(21)34-25/h4-7,10,12,19H,3,8-9,11,13-15H2,1-2H3,(H,30,39). The van der Waals surface area contributed by atoms with Gasteiger partial charge in [0.2, 0.25) is 11.7 Å². The quantitative estimate of drug-likeness (QED) is 0.336. The van der Waals surface area contributed by atoms with Crippen LogP contribution in [-0.2, 0) is 26.1 Å². The Labute approximate surface area is 232 Å². The Morgan fingerprint density at radius 3 is 2.65 bits per heavy atom. The zero-order valence-electron chi connectivity index (χ0n) is 22.0. The molecule has 1 N–H and O–H groups in total. The summed E-state index contributed by atoms with van der Waals surface area (Å²) < 4.78 is 42.9. The third-order valence-electron chi connectivity index (χ3n) is 7.15. The van der Waals surface area contributed by atoms with Crippen molar-refractivity contribution in [1.29, 1.82) is 0 Å². The molecule has 1 fully saturated rings. The molecule has 3 aromatic heterocycles. The summed E-state index contributed by atoms with van der Waals surface area (Å²) in [5.74, 6) is 1.75. The minimum Gasteiger partial charge on any atom is -0.347 e. The second-order valence-electron chi connectivity index (χ2n) is 10.0. The first kappa shape index (κ1) is 26.6. The van der Waals surface area contributed by atoms with E-state index in [9.17, 15) is 18.0 Å². The number of carbonyl (C=O) groups excluding carboxylic acids is 1. The summed E-state index contributed by atoms with van der Waals surface area (Å²) in [6, 6.07) is 8.17. The van der Waals surface area contributed by atoms with Gasteiger partial charge in [-0.05, 0) is 30.0 Å². The molecule has 1 amide bonds. The number of fused-ring (bicyclic) bond motifs is 2. The molecule has 0 aliphatic carbocycles. The van der Waals surface area contributed by atoms with Gasteiger partial charge in [0, 0.05) is 56.4 Å². The van der Waals surface area contributed by atoms with Crippen LogP contribution in [0.15, 0.2) is 36.7 Å². The fourth-order valence-electron chi connectivity index (χ4n) is 5.05. The lowest BCUT2D eigenvalue weighted by molar-refractivity contribution is -0.0367. The number of nitrogens with zero attached hydrogens (tertiary/aromatic N) is 8. The molecule has 1 aromatic carbocycles. The molecule has 1 saturated heterocycles. The molecular weight excluding hydrogens is 543 g/mol. The first-order valence-electron chi connectivity index (χ1n) is 13.1. The Bertz CT molecular complexity index is 1540. The van der Waals surface area contributed by atoms with Crippen molar-refractivity contribution in [2.24, 2.45) is 0 Å². The van der Waals surface area contributed by atoms with Crippen molar-refractivity contribution in [1.82, 2.24) is 38.8 Å². The Balaban J connectivity index is 1.04. The Hall–Kier alpha value is -3.65. The van der Waals surface area contributed by atoms with E-state index >= 15 is 0 Å². The number of alkyl halides is 3. The minimum atomic E-state index is -4.30. The Morgan fingerprint density at radius 2 is 1.93 bits per heavy atom. The molecule has 210 valence electrons. The van der Waals surface area contributed by atoms with Gasteiger partial charge in [-0.25, -0.2) is 19.0 Å². The van der Waals surface area contributed by atoms with Crippen LogP contribution in [0.5, 0.6) is 0 Å². The average molecular weight is 572 g/mol. The van der Waals surface area contributed by atoms with Gasteiger partial charge in [0.15, 0.2) is 0 Å². The summed E-state index contributed by atoms with van der Waals surface area (Å²) in [6.45, 7) is 6.52. The number of benzene rings is 1. The van der Waals surface area contributed by atoms with Crippen LogP contribution < -0.4 is 10.2 Å². The number of nitrogens with one attached hydrogen (secondary N) is 1. The lowest BCUT2D eigenvalue weighted by atomic mass is 9.91. The minimum absolute atomic E-state index is 0.107. The molecule has 0 bridgehead atoms. The average Bonchev–Trinajstić information content (AvgIpc) is 3.46. The maximum atomic E-state index is 13.1. The summed E-state index contributed by atoms with van der Waals surface area (Å²) in [4.78, 5) is 28.4. The first-order valence-corrected chi connectivity index (χ1v) is 13.8. The van der Waals surface area contributed by atoms with E-state index in [4.69, 9.17) is 0 Å². The van der Waals surface area contributed by atoms with Gasteiger partial charge < -0.3 is 10.2 Å². The number of hydrogen-bond donors (Lipinski definition) is 1. The number of hydrogen-bond acceptors (Lipinski definition) is 8. The number of carbonyl (C=O) groups is 1. The van der Waals surface area contributed by atoms with E-state index in [2.05, 4.69) is 37.5 Å². The van der Waals surface area contributed by atoms with Crippen LogP contribution in [0.3, 0.4) is 0 Å². The highest BCUT2D eigenvalue weighted by atomic mass is 32.2. The highest BCUT2D eigenvalue weighted by Gasteiger charge is 2.36. The predicted molar refractivity (Wildman–Crippen MR) is 144 cm³/mol. The molecule has 10 nitrogen and oxygen atoms in total. The fourth-order valence-corrected chi connectivity index (χ4v) is 5.69. The number of amides is 1. The second kappa shape index (κ2) is 10.4. The molecular formula is C26H28F3N9OS. The van der Waals surface area contributed by atoms with Crippen LogP contribution in [0.2, 0.25) is 0 Å². The molecule has 6 rings (SSSR count). The normalized spacial score (nSPS) is 16.3. The van der Waals surface area contributed by atoms with Crippen molar-refractivity contribution in [3.8, 4) is 0 Å². The van der Waals surface area contributed by atoms with Gasteiger partial charge in [-0.3, -0.25) is 9.20 Å². The van der Waals surface area contributed by atoms with Crippen LogP contribution in [0.25, 0.3) is 5.78 Å². The van der Waals surface area contributed by atoms with Crippen molar-refractivity contribution >= 4 is 29.6 Å². The van der Waals surface area contributed by atoms with Gasteiger partial charge in [0.1, 0.15) is 11.5 Å². The SMILES string of the molecule is CCc1nc2ncc(C)cn2c1C(=O)NCc1ccc(C2CN(c3nc4n(n3)CCN(SC(F)(F)F)C4)C2)cc1. The summed E-state index contributed by atoms with van der Waals surface area (Å²) >= 11 is -0.107. The predicted octanol–water partition coefficient (Wildman–Crippen LogP) is 3.71. The number of halogens is 3. The topological polar surface area (TPSA) is 96.5 Å². The molecule has 2 aliphatic rings. The zero-order chi connectivity index (χ0) is 28.0. The van der Waals surface area contributed by atoms with E-state index in [1.54, 1.807) is 15.3 Å². The van der Waals surface area contributed by atoms with Crippen LogP contribution in [0.1, 0.15) is 51.5 Å². The molecule has 40 heavy (non-hydrogen) atoms. The molecule has 2 aliphatic heterocycles. The van der Waals surface area contributed by atoms with E-state index < -0.39 is 5.51 Å². The largest absolute Gasteiger partial charge is 0.456 e. The van der Waals surface area contributed by atoms with E-state index in [1.165, 1.54) is 9.87 Å². The van der Waals surface area contributed by atoms with Crippen LogP contribution in [0.4, 0.5) is 19.1 Å². The van der Waals surface area contributed by atoms with Gasteiger partial charge in [-0.2, -0.15) is 18.2 Å². The number of aryl methyl sites for hydroxylation is 2. The van der Waals surface area contributed by atoms with Gasteiger partial charge in [0.05, 0.1) is 18.8 Å². The monoisotopic (exact) mass is 571 g/mol. The number of aromatic nitrogens is 6. The van der Waals surface area contributed by atoms with Crippen molar-refractivity contribution in [2.45, 2.75) is 51.3 Å². The van der Waals surface area contributed by atoms with Crippen molar-refractivity contribution in [2.75, 3.05) is 24.5 Å². The van der Waals surface area contributed by atoms with E-state index in [0.29, 0.717) is 54.4 Å². The lowest BCUT2D eigenvalue weighted by Gasteiger charge is -2.38. The maximum absolute atomic E-state index is 13.1. The summed E-state index contributed by atoms with van der Waals surface area (Å²) in [5.41, 5.74) is 0.0365. The van der Waals surface area contributed by atoms with Crippen molar-refractivity contribution in [3.05, 3.63) is 70.6 Å². The molecule has 0 unspecified atom stereocenters. The van der Waals surface area contributed by atoms with Crippen LogP contribution >= 0.6 is 11.9 Å². The number of rotatable bonds is 7. The van der Waals surface area contributed by atoms with E-state index in [1.807, 2.05) is 37.1 Å². The fraction of sp³-hybridized carbons (Fsp3) is 0.423. The second-order valence-corrected chi connectivity index (χ2v) is 11.2. The van der Waals surface area contributed by atoms with Gasteiger partial charge >= 0.3 is 5.51 Å². The van der Waals surface area contributed by atoms with Gasteiger partial charge in [0.25, 0.3) is 5.91 Å². The summed E-state index contributed by atoms with van der Waals surface area (Å²) in [7, 11) is 0. The lowest BCUT2D eigenvalue weighted by Crippen LogP contribution is -2.45. The summed E-state index contributed by atoms with van der Waals surface area (Å²) in [5, 5.41) is 7.52. The third kappa shape index (κ3) is 5.37. The highest BCUT2D eigenvalue weighted by Crippen LogP contribution is 2.36. The van der Waals surface area contributed by atoms with Gasteiger partial charge in [-0.1, -0.05) is 31.2 Å². The van der Waals surface area contributed by atoms with Crippen LogP contribution in [0, 0.1) is 6.92 Å². The van der Waals surface area contributed by atoms with Crippen molar-refractivity contribution in [3.63, 3.8) is 0 Å². The molecule has 0 atom stereocenters. The third-order valence-corrected chi connectivity index (χ3v) is 7.93. The van der Waals surface area contributed by atoms with E-state index in [0.717, 1.165) is 24.2 Å². The molecule has 0 radical (unpaired) electrons. The molecule has 5 heterocycles.